The molecule has 1 N–H and O–H groups in total. The van der Waals surface area contributed by atoms with Gasteiger partial charge in [0.2, 0.25) is 0 Å². The predicted molar refractivity (Wildman–Crippen MR) is 87.8 cm³/mol. The lowest BCUT2D eigenvalue weighted by Crippen LogP contribution is -2.33. The van der Waals surface area contributed by atoms with Crippen LogP contribution in [0.5, 0.6) is 5.75 Å². The highest BCUT2D eigenvalue weighted by molar-refractivity contribution is 5.27. The van der Waals surface area contributed by atoms with E-state index in [-0.39, 0.29) is 0 Å². The number of likely N-dealkylation sites (N-methyl/N-ethyl adjacent to an activating group) is 1. The fourth-order valence-corrected chi connectivity index (χ4v) is 2.70. The number of hydrogen-bond donors (Lipinski definition) is 1. The first kappa shape index (κ1) is 16.3. The van der Waals surface area contributed by atoms with Crippen molar-refractivity contribution < 1.29 is 4.74 Å². The Hall–Kier alpha value is -1.10. The first-order chi connectivity index (χ1) is 10.2. The molecule has 4 heteroatoms. The van der Waals surface area contributed by atoms with Crippen LogP contribution < -0.4 is 10.1 Å². The predicted octanol–water partition coefficient (Wildman–Crippen LogP) is 1.81. The number of rotatable bonds is 8. The fraction of sp³-hybridized carbons (Fsp3) is 0.647. The van der Waals surface area contributed by atoms with E-state index >= 15 is 0 Å². The molecular formula is C17H29N3O. The standard InChI is InChI=1S/C17H29N3O/c1-4-18-13-15-5-7-17(8-6-15)21-12-11-20-10-9-16(14-20)19(2)3/h5-8,16,18H,4,9-14H2,1-3H3. The summed E-state index contributed by atoms with van der Waals surface area (Å²) >= 11 is 0. The summed E-state index contributed by atoms with van der Waals surface area (Å²) in [7, 11) is 4.33. The highest BCUT2D eigenvalue weighted by atomic mass is 16.5. The second kappa shape index (κ2) is 8.37. The molecule has 1 aliphatic heterocycles. The maximum Gasteiger partial charge on any atom is 0.119 e. The molecule has 118 valence electrons. The lowest BCUT2D eigenvalue weighted by molar-refractivity contribution is 0.220. The van der Waals surface area contributed by atoms with Crippen LogP contribution in [-0.4, -0.2) is 62.7 Å². The minimum Gasteiger partial charge on any atom is -0.492 e. The Balaban J connectivity index is 1.67. The Bertz CT molecular complexity index is 405. The molecule has 1 fully saturated rings. The van der Waals surface area contributed by atoms with Crippen molar-refractivity contribution >= 4 is 0 Å². The van der Waals surface area contributed by atoms with Crippen LogP contribution in [0.2, 0.25) is 0 Å². The first-order valence-corrected chi connectivity index (χ1v) is 8.00. The lowest BCUT2D eigenvalue weighted by Gasteiger charge is -2.20. The molecule has 1 saturated heterocycles. The molecule has 0 amide bonds. The van der Waals surface area contributed by atoms with Crippen molar-refractivity contribution in [2.45, 2.75) is 25.9 Å². The molecule has 0 spiro atoms. The van der Waals surface area contributed by atoms with Crippen molar-refractivity contribution in [1.29, 1.82) is 0 Å². The first-order valence-electron chi connectivity index (χ1n) is 8.00. The van der Waals surface area contributed by atoms with Gasteiger partial charge in [-0.3, -0.25) is 4.90 Å². The van der Waals surface area contributed by atoms with E-state index in [0.29, 0.717) is 6.04 Å². The molecule has 0 radical (unpaired) electrons. The Morgan fingerprint density at radius 2 is 2.05 bits per heavy atom. The Labute approximate surface area is 129 Å². The molecule has 4 nitrogen and oxygen atoms in total. The quantitative estimate of drug-likeness (QED) is 0.790. The normalized spacial score (nSPS) is 19.3. The van der Waals surface area contributed by atoms with Crippen LogP contribution in [0.3, 0.4) is 0 Å². The summed E-state index contributed by atoms with van der Waals surface area (Å²) in [5.41, 5.74) is 1.30. The van der Waals surface area contributed by atoms with Crippen LogP contribution in [0.4, 0.5) is 0 Å². The van der Waals surface area contributed by atoms with E-state index in [2.05, 4.69) is 60.4 Å². The number of ether oxygens (including phenoxy) is 1. The molecule has 1 atom stereocenters. The van der Waals surface area contributed by atoms with E-state index in [9.17, 15) is 0 Å². The topological polar surface area (TPSA) is 27.7 Å². The van der Waals surface area contributed by atoms with E-state index in [4.69, 9.17) is 4.74 Å². The van der Waals surface area contributed by atoms with Gasteiger partial charge in [-0.1, -0.05) is 19.1 Å². The number of nitrogens with one attached hydrogen (secondary N) is 1. The van der Waals surface area contributed by atoms with E-state index in [1.54, 1.807) is 0 Å². The molecule has 1 heterocycles. The zero-order valence-corrected chi connectivity index (χ0v) is 13.6. The lowest BCUT2D eigenvalue weighted by atomic mass is 10.2. The van der Waals surface area contributed by atoms with Crippen molar-refractivity contribution in [3.05, 3.63) is 29.8 Å². The second-order valence-corrected chi connectivity index (χ2v) is 5.98. The number of benzene rings is 1. The molecule has 1 aliphatic rings. The van der Waals surface area contributed by atoms with E-state index in [0.717, 1.165) is 38.5 Å². The van der Waals surface area contributed by atoms with Crippen LogP contribution in [0, 0.1) is 0 Å². The molecule has 0 aliphatic carbocycles. The summed E-state index contributed by atoms with van der Waals surface area (Å²) in [6.45, 7) is 8.19. The SMILES string of the molecule is CCNCc1ccc(OCCN2CCC(N(C)C)C2)cc1. The highest BCUT2D eigenvalue weighted by Gasteiger charge is 2.23. The minimum atomic E-state index is 0.704. The van der Waals surface area contributed by atoms with Crippen molar-refractivity contribution in [1.82, 2.24) is 15.1 Å². The summed E-state index contributed by atoms with van der Waals surface area (Å²) < 4.78 is 5.85. The molecule has 0 saturated carbocycles. The van der Waals surface area contributed by atoms with Crippen molar-refractivity contribution in [3.63, 3.8) is 0 Å². The Morgan fingerprint density at radius 3 is 2.67 bits per heavy atom. The van der Waals surface area contributed by atoms with Crippen molar-refractivity contribution in [2.75, 3.05) is 46.9 Å². The van der Waals surface area contributed by atoms with Gasteiger partial charge >= 0.3 is 0 Å². The summed E-state index contributed by atoms with van der Waals surface area (Å²) in [6, 6.07) is 9.11. The molecule has 21 heavy (non-hydrogen) atoms. The fourth-order valence-electron chi connectivity index (χ4n) is 2.70. The van der Waals surface area contributed by atoms with Crippen LogP contribution in [-0.2, 0) is 6.54 Å². The molecule has 1 unspecified atom stereocenters. The third kappa shape index (κ3) is 5.30. The van der Waals surface area contributed by atoms with Crippen LogP contribution in [0.25, 0.3) is 0 Å². The average molecular weight is 291 g/mol. The van der Waals surface area contributed by atoms with Crippen molar-refractivity contribution in [3.8, 4) is 5.75 Å². The highest BCUT2D eigenvalue weighted by Crippen LogP contribution is 2.14. The molecule has 0 bridgehead atoms. The van der Waals surface area contributed by atoms with Gasteiger partial charge < -0.3 is 15.0 Å². The Kier molecular flexibility index (Phi) is 6.49. The molecule has 1 aromatic carbocycles. The van der Waals surface area contributed by atoms with Gasteiger partial charge in [0, 0.05) is 25.7 Å². The van der Waals surface area contributed by atoms with E-state index in [1.165, 1.54) is 18.5 Å². The van der Waals surface area contributed by atoms with Gasteiger partial charge in [0.05, 0.1) is 0 Å². The zero-order valence-electron chi connectivity index (χ0n) is 13.6. The second-order valence-electron chi connectivity index (χ2n) is 5.98. The van der Waals surface area contributed by atoms with Gasteiger partial charge in [-0.15, -0.1) is 0 Å². The summed E-state index contributed by atoms with van der Waals surface area (Å²) in [6.07, 6.45) is 1.27. The molecule has 1 aromatic rings. The molecule has 0 aromatic heterocycles. The monoisotopic (exact) mass is 291 g/mol. The Morgan fingerprint density at radius 1 is 1.29 bits per heavy atom. The number of likely N-dealkylation sites (tertiary alicyclic amines) is 1. The number of hydrogen-bond acceptors (Lipinski definition) is 4. The summed E-state index contributed by atoms with van der Waals surface area (Å²) in [5.74, 6) is 0.971. The van der Waals surface area contributed by atoms with Crippen LogP contribution in [0.15, 0.2) is 24.3 Å². The van der Waals surface area contributed by atoms with E-state index in [1.807, 2.05) is 0 Å². The smallest absolute Gasteiger partial charge is 0.119 e. The zero-order chi connectivity index (χ0) is 15.1. The third-order valence-corrected chi connectivity index (χ3v) is 4.16. The van der Waals surface area contributed by atoms with Gasteiger partial charge in [-0.2, -0.15) is 0 Å². The molecular weight excluding hydrogens is 262 g/mol. The summed E-state index contributed by atoms with van der Waals surface area (Å²) in [5, 5.41) is 3.33. The largest absolute Gasteiger partial charge is 0.492 e. The van der Waals surface area contributed by atoms with Gasteiger partial charge in [0.15, 0.2) is 0 Å². The maximum atomic E-state index is 5.85. The number of nitrogens with zero attached hydrogens (tertiary/aromatic N) is 2. The van der Waals surface area contributed by atoms with E-state index < -0.39 is 0 Å². The third-order valence-electron chi connectivity index (χ3n) is 4.16. The van der Waals surface area contributed by atoms with Crippen LogP contribution >= 0.6 is 0 Å². The molecule has 2 rings (SSSR count). The maximum absolute atomic E-state index is 5.85. The average Bonchev–Trinajstić information content (AvgIpc) is 2.95. The van der Waals surface area contributed by atoms with Crippen LogP contribution in [0.1, 0.15) is 18.9 Å². The van der Waals surface area contributed by atoms with Gasteiger partial charge in [0.1, 0.15) is 12.4 Å². The van der Waals surface area contributed by atoms with Gasteiger partial charge in [0.25, 0.3) is 0 Å². The summed E-state index contributed by atoms with van der Waals surface area (Å²) in [4.78, 5) is 4.81. The minimum absolute atomic E-state index is 0.704. The van der Waals surface area contributed by atoms with Crippen molar-refractivity contribution in [2.24, 2.45) is 0 Å². The van der Waals surface area contributed by atoms with Gasteiger partial charge in [-0.05, 0) is 51.3 Å². The van der Waals surface area contributed by atoms with Gasteiger partial charge in [-0.25, -0.2) is 0 Å².